The van der Waals surface area contributed by atoms with E-state index in [1.165, 1.54) is 5.56 Å². The normalized spacial score (nSPS) is 22.5. The Balaban J connectivity index is 2.04. The average Bonchev–Trinajstić information content (AvgIpc) is 2.52. The summed E-state index contributed by atoms with van der Waals surface area (Å²) in [6.07, 6.45) is 4.11. The highest BCUT2D eigenvalue weighted by Crippen LogP contribution is 2.28. The first kappa shape index (κ1) is 16.2. The van der Waals surface area contributed by atoms with Crippen molar-refractivity contribution in [2.24, 2.45) is 0 Å². The van der Waals surface area contributed by atoms with E-state index in [2.05, 4.69) is 28.2 Å². The molecular weight excluding hydrogens is 266 g/mol. The molecule has 1 fully saturated rings. The van der Waals surface area contributed by atoms with Gasteiger partial charge in [-0.15, -0.1) is 0 Å². The summed E-state index contributed by atoms with van der Waals surface area (Å²) >= 11 is 0. The van der Waals surface area contributed by atoms with Crippen LogP contribution in [0.1, 0.15) is 25.3 Å². The quantitative estimate of drug-likeness (QED) is 0.777. The van der Waals surface area contributed by atoms with Crippen LogP contribution in [-0.2, 0) is 16.0 Å². The van der Waals surface area contributed by atoms with Gasteiger partial charge in [0.2, 0.25) is 0 Å². The predicted molar refractivity (Wildman–Crippen MR) is 84.7 cm³/mol. The Kier molecular flexibility index (Phi) is 5.96. The van der Waals surface area contributed by atoms with Crippen LogP contribution in [0.25, 0.3) is 0 Å². The summed E-state index contributed by atoms with van der Waals surface area (Å²) in [6, 6.07) is 4.14. The summed E-state index contributed by atoms with van der Waals surface area (Å²) in [6.45, 7) is 6.50. The van der Waals surface area contributed by atoms with E-state index in [9.17, 15) is 0 Å². The van der Waals surface area contributed by atoms with Gasteiger partial charge in [0.25, 0.3) is 0 Å². The minimum atomic E-state index is -0.0729. The molecule has 0 aromatic carbocycles. The van der Waals surface area contributed by atoms with E-state index in [0.29, 0.717) is 0 Å². The van der Waals surface area contributed by atoms with Gasteiger partial charge in [-0.2, -0.15) is 0 Å². The number of ether oxygens (including phenoxy) is 2. The molecule has 1 N–H and O–H groups in total. The third-order valence-corrected chi connectivity index (χ3v) is 4.12. The highest BCUT2D eigenvalue weighted by molar-refractivity contribution is 5.47. The smallest absolute Gasteiger partial charge is 0.133 e. The van der Waals surface area contributed by atoms with Gasteiger partial charge in [0.15, 0.2) is 0 Å². The maximum absolute atomic E-state index is 5.68. The van der Waals surface area contributed by atoms with Crippen molar-refractivity contribution >= 4 is 5.82 Å². The number of pyridine rings is 1. The zero-order chi connectivity index (χ0) is 15.1. The Morgan fingerprint density at radius 2 is 2.29 bits per heavy atom. The first-order valence-electron chi connectivity index (χ1n) is 7.62. The average molecular weight is 293 g/mol. The lowest BCUT2D eigenvalue weighted by molar-refractivity contribution is -0.00484. The van der Waals surface area contributed by atoms with Gasteiger partial charge in [-0.25, -0.2) is 4.98 Å². The third-order valence-electron chi connectivity index (χ3n) is 4.12. The molecule has 5 heteroatoms. The number of nitrogens with one attached hydrogen (secondary N) is 1. The monoisotopic (exact) mass is 293 g/mol. The van der Waals surface area contributed by atoms with Gasteiger partial charge in [0.05, 0.1) is 12.2 Å². The highest BCUT2D eigenvalue weighted by atomic mass is 16.5. The Labute approximate surface area is 127 Å². The number of nitrogens with zero attached hydrogens (tertiary/aromatic N) is 2. The van der Waals surface area contributed by atoms with Gasteiger partial charge >= 0.3 is 0 Å². The number of rotatable bonds is 7. The largest absolute Gasteiger partial charge is 0.383 e. The number of anilines is 1. The molecule has 5 nitrogen and oxygen atoms in total. The van der Waals surface area contributed by atoms with Gasteiger partial charge in [0, 0.05) is 52.2 Å². The molecule has 0 amide bonds. The molecule has 1 atom stereocenters. The van der Waals surface area contributed by atoms with Gasteiger partial charge < -0.3 is 19.7 Å². The summed E-state index contributed by atoms with van der Waals surface area (Å²) in [5, 5.41) is 3.39. The van der Waals surface area contributed by atoms with Crippen molar-refractivity contribution in [1.82, 2.24) is 10.3 Å². The fourth-order valence-electron chi connectivity index (χ4n) is 2.80. The van der Waals surface area contributed by atoms with E-state index in [1.807, 2.05) is 12.3 Å². The van der Waals surface area contributed by atoms with Crippen LogP contribution in [-0.4, -0.2) is 51.0 Å². The molecule has 0 spiro atoms. The molecule has 1 aliphatic heterocycles. The van der Waals surface area contributed by atoms with Crippen molar-refractivity contribution in [1.29, 1.82) is 0 Å². The van der Waals surface area contributed by atoms with E-state index in [-0.39, 0.29) is 5.60 Å². The minimum absolute atomic E-state index is 0.0729. The predicted octanol–water partition coefficient (Wildman–Crippen LogP) is 1.82. The first-order chi connectivity index (χ1) is 10.2. The van der Waals surface area contributed by atoms with Crippen LogP contribution >= 0.6 is 0 Å². The number of methoxy groups -OCH3 is 2. The van der Waals surface area contributed by atoms with E-state index in [4.69, 9.17) is 9.47 Å². The number of hydrogen-bond donors (Lipinski definition) is 1. The minimum Gasteiger partial charge on any atom is -0.383 e. The van der Waals surface area contributed by atoms with E-state index < -0.39 is 0 Å². The van der Waals surface area contributed by atoms with Gasteiger partial charge in [-0.1, -0.05) is 6.07 Å². The second-order valence-corrected chi connectivity index (χ2v) is 5.83. The lowest BCUT2D eigenvalue weighted by Gasteiger charge is -2.40. The van der Waals surface area contributed by atoms with E-state index in [0.717, 1.165) is 51.4 Å². The van der Waals surface area contributed by atoms with Crippen LogP contribution in [0.4, 0.5) is 5.82 Å². The molecule has 1 saturated heterocycles. The number of hydrogen-bond acceptors (Lipinski definition) is 5. The topological polar surface area (TPSA) is 46.6 Å². The Bertz CT molecular complexity index is 441. The second kappa shape index (κ2) is 7.73. The zero-order valence-electron chi connectivity index (χ0n) is 13.4. The molecule has 21 heavy (non-hydrogen) atoms. The highest BCUT2D eigenvalue weighted by Gasteiger charge is 2.31. The molecule has 1 unspecified atom stereocenters. The first-order valence-corrected chi connectivity index (χ1v) is 7.62. The van der Waals surface area contributed by atoms with Crippen molar-refractivity contribution in [3.05, 3.63) is 23.9 Å². The fraction of sp³-hybridized carbons (Fsp3) is 0.688. The van der Waals surface area contributed by atoms with Crippen molar-refractivity contribution in [2.45, 2.75) is 31.9 Å². The molecule has 2 rings (SSSR count). The van der Waals surface area contributed by atoms with Gasteiger partial charge in [0.1, 0.15) is 5.82 Å². The van der Waals surface area contributed by atoms with Crippen LogP contribution < -0.4 is 10.2 Å². The molecule has 1 aromatic rings. The summed E-state index contributed by atoms with van der Waals surface area (Å²) in [7, 11) is 3.52. The summed E-state index contributed by atoms with van der Waals surface area (Å²) in [5.41, 5.74) is 1.16. The lowest BCUT2D eigenvalue weighted by atomic mass is 9.94. The molecule has 0 saturated carbocycles. The Hall–Kier alpha value is -1.17. The second-order valence-electron chi connectivity index (χ2n) is 5.83. The van der Waals surface area contributed by atoms with Crippen molar-refractivity contribution < 1.29 is 9.47 Å². The molecule has 1 aromatic heterocycles. The van der Waals surface area contributed by atoms with Crippen molar-refractivity contribution in [3.8, 4) is 0 Å². The summed E-state index contributed by atoms with van der Waals surface area (Å²) in [5.74, 6) is 1.07. The van der Waals surface area contributed by atoms with Crippen LogP contribution in [0.3, 0.4) is 0 Å². The zero-order valence-corrected chi connectivity index (χ0v) is 13.4. The SMILES string of the molecule is COCCNCc1cccnc1N1CCCC(C)(OC)C1. The molecule has 118 valence electrons. The van der Waals surface area contributed by atoms with Crippen LogP contribution in [0.5, 0.6) is 0 Å². The van der Waals surface area contributed by atoms with Gasteiger partial charge in [-0.3, -0.25) is 0 Å². The third kappa shape index (κ3) is 4.40. The summed E-state index contributed by atoms with van der Waals surface area (Å²) < 4.78 is 10.7. The molecular formula is C16H27N3O2. The van der Waals surface area contributed by atoms with E-state index in [1.54, 1.807) is 14.2 Å². The number of aromatic nitrogens is 1. The lowest BCUT2D eigenvalue weighted by Crippen LogP contribution is -2.48. The van der Waals surface area contributed by atoms with Crippen molar-refractivity contribution in [3.63, 3.8) is 0 Å². The van der Waals surface area contributed by atoms with Crippen LogP contribution in [0.2, 0.25) is 0 Å². The number of piperidine rings is 1. The maximum atomic E-state index is 5.68. The molecule has 2 heterocycles. The maximum Gasteiger partial charge on any atom is 0.133 e. The molecule has 1 aliphatic rings. The summed E-state index contributed by atoms with van der Waals surface area (Å²) in [4.78, 5) is 6.95. The Morgan fingerprint density at radius 3 is 3.05 bits per heavy atom. The van der Waals surface area contributed by atoms with Crippen LogP contribution in [0, 0.1) is 0 Å². The molecule has 0 aliphatic carbocycles. The standard InChI is InChI=1S/C16H27N3O2/c1-16(21-3)7-5-10-19(13-16)15-14(6-4-8-18-15)12-17-9-11-20-2/h4,6,8,17H,5,7,9-13H2,1-3H3. The Morgan fingerprint density at radius 1 is 1.43 bits per heavy atom. The van der Waals surface area contributed by atoms with Crippen molar-refractivity contribution in [2.75, 3.05) is 45.4 Å². The van der Waals surface area contributed by atoms with Crippen LogP contribution in [0.15, 0.2) is 18.3 Å². The van der Waals surface area contributed by atoms with E-state index >= 15 is 0 Å². The van der Waals surface area contributed by atoms with Gasteiger partial charge in [-0.05, 0) is 25.8 Å². The molecule has 0 bridgehead atoms. The fourth-order valence-corrected chi connectivity index (χ4v) is 2.80. The molecule has 0 radical (unpaired) electrons.